The maximum absolute atomic E-state index is 13.3. The average molecular weight is 358 g/mol. The number of ether oxygens (including phenoxy) is 2. The van der Waals surface area contributed by atoms with Gasteiger partial charge in [-0.25, -0.2) is 4.98 Å². The molecule has 0 N–H and O–H groups in total. The van der Waals surface area contributed by atoms with Gasteiger partial charge in [0.2, 0.25) is 5.88 Å². The normalized spacial score (nSPS) is 17.1. The third-order valence-electron chi connectivity index (χ3n) is 4.47. The summed E-state index contributed by atoms with van der Waals surface area (Å²) in [6.45, 7) is 6.69. The van der Waals surface area contributed by atoms with E-state index in [1.54, 1.807) is 24.5 Å². The number of rotatable bonds is 6. The molecule has 0 saturated carbocycles. The van der Waals surface area contributed by atoms with E-state index in [0.717, 1.165) is 18.7 Å². The molecule has 0 aliphatic carbocycles. The summed E-state index contributed by atoms with van der Waals surface area (Å²) in [6.07, 6.45) is 4.19. The van der Waals surface area contributed by atoms with Gasteiger partial charge in [-0.05, 0) is 30.5 Å². The van der Waals surface area contributed by atoms with Crippen molar-refractivity contribution in [1.29, 1.82) is 0 Å². The molecule has 1 atom stereocenters. The smallest absolute Gasteiger partial charge is 0.260 e. The summed E-state index contributed by atoms with van der Waals surface area (Å²) >= 11 is 0. The summed E-state index contributed by atoms with van der Waals surface area (Å²) in [4.78, 5) is 19.3. The van der Waals surface area contributed by atoms with Gasteiger partial charge >= 0.3 is 0 Å². The predicted molar refractivity (Wildman–Crippen MR) is 97.0 cm³/mol. The molecule has 7 heteroatoms. The molecule has 1 aliphatic rings. The molecule has 7 nitrogen and oxygen atoms in total. The molecule has 1 unspecified atom stereocenters. The lowest BCUT2D eigenvalue weighted by molar-refractivity contribution is 0.0330. The number of aryl methyl sites for hydroxylation is 1. The topological polar surface area (TPSA) is 69.5 Å². The Kier molecular flexibility index (Phi) is 5.88. The molecular formula is C19H26N4O3. The van der Waals surface area contributed by atoms with Crippen LogP contribution in [0.2, 0.25) is 0 Å². The summed E-state index contributed by atoms with van der Waals surface area (Å²) in [7, 11) is 1.53. The van der Waals surface area contributed by atoms with Crippen LogP contribution in [0.3, 0.4) is 0 Å². The van der Waals surface area contributed by atoms with E-state index in [1.807, 2.05) is 15.6 Å². The van der Waals surface area contributed by atoms with Crippen molar-refractivity contribution in [3.63, 3.8) is 0 Å². The van der Waals surface area contributed by atoms with E-state index in [9.17, 15) is 4.79 Å². The van der Waals surface area contributed by atoms with Gasteiger partial charge in [-0.2, -0.15) is 5.10 Å². The van der Waals surface area contributed by atoms with E-state index in [1.165, 1.54) is 7.11 Å². The molecule has 0 fully saturated rings. The van der Waals surface area contributed by atoms with Crippen molar-refractivity contribution in [1.82, 2.24) is 19.7 Å². The standard InChI is InChI=1S/C19H26N4O3/c1-14(2)12-26-13-16-7-10-23-15(6-9-21-23)11-22(16)19(24)17-5-4-8-20-18(17)25-3/h4-6,8-9,14,16H,7,10-13H2,1-3H3. The highest BCUT2D eigenvalue weighted by Crippen LogP contribution is 2.23. The van der Waals surface area contributed by atoms with Gasteiger partial charge in [0.25, 0.3) is 5.91 Å². The molecule has 3 rings (SSSR count). The lowest BCUT2D eigenvalue weighted by Crippen LogP contribution is -2.42. The van der Waals surface area contributed by atoms with Crippen molar-refractivity contribution in [2.45, 2.75) is 39.4 Å². The molecule has 1 amide bonds. The maximum atomic E-state index is 13.3. The van der Waals surface area contributed by atoms with Crippen molar-refractivity contribution in [3.8, 4) is 5.88 Å². The third-order valence-corrected chi connectivity index (χ3v) is 4.47. The summed E-state index contributed by atoms with van der Waals surface area (Å²) < 4.78 is 13.1. The molecule has 2 aromatic rings. The summed E-state index contributed by atoms with van der Waals surface area (Å²) in [5, 5.41) is 4.36. The fraction of sp³-hybridized carbons (Fsp3) is 0.526. The Morgan fingerprint density at radius 2 is 2.19 bits per heavy atom. The van der Waals surface area contributed by atoms with Gasteiger partial charge in [-0.3, -0.25) is 9.48 Å². The number of hydrogen-bond acceptors (Lipinski definition) is 5. The van der Waals surface area contributed by atoms with Crippen molar-refractivity contribution < 1.29 is 14.3 Å². The van der Waals surface area contributed by atoms with Crippen LogP contribution in [0.5, 0.6) is 5.88 Å². The lowest BCUT2D eigenvalue weighted by Gasteiger charge is -2.30. The monoisotopic (exact) mass is 358 g/mol. The summed E-state index contributed by atoms with van der Waals surface area (Å²) in [6, 6.07) is 5.44. The van der Waals surface area contributed by atoms with Gasteiger partial charge in [0, 0.05) is 25.5 Å². The largest absolute Gasteiger partial charge is 0.480 e. The Hall–Kier alpha value is -2.41. The number of amides is 1. The van der Waals surface area contributed by atoms with Gasteiger partial charge in [0.15, 0.2) is 0 Å². The SMILES string of the molecule is COc1ncccc1C(=O)N1Cc2ccnn2CCC1COCC(C)C. The van der Waals surface area contributed by atoms with Crippen LogP contribution >= 0.6 is 0 Å². The number of carbonyl (C=O) groups excluding carboxylic acids is 1. The van der Waals surface area contributed by atoms with E-state index in [4.69, 9.17) is 9.47 Å². The average Bonchev–Trinajstić information content (AvgIpc) is 3.02. The molecule has 0 spiro atoms. The second kappa shape index (κ2) is 8.31. The van der Waals surface area contributed by atoms with E-state index in [2.05, 4.69) is 23.9 Å². The fourth-order valence-electron chi connectivity index (χ4n) is 3.15. The van der Waals surface area contributed by atoms with Crippen LogP contribution in [-0.2, 0) is 17.8 Å². The van der Waals surface area contributed by atoms with Gasteiger partial charge < -0.3 is 14.4 Å². The van der Waals surface area contributed by atoms with E-state index < -0.39 is 0 Å². The van der Waals surface area contributed by atoms with E-state index >= 15 is 0 Å². The molecule has 0 aromatic carbocycles. The van der Waals surface area contributed by atoms with E-state index in [-0.39, 0.29) is 11.9 Å². The zero-order valence-electron chi connectivity index (χ0n) is 15.6. The third kappa shape index (κ3) is 4.04. The number of pyridine rings is 1. The number of hydrogen-bond donors (Lipinski definition) is 0. The minimum absolute atomic E-state index is 0.0205. The molecule has 1 aliphatic heterocycles. The Labute approximate surface area is 153 Å². The number of aromatic nitrogens is 3. The van der Waals surface area contributed by atoms with Crippen LogP contribution in [-0.4, -0.2) is 51.9 Å². The molecule has 0 saturated heterocycles. The van der Waals surface area contributed by atoms with Crippen molar-refractivity contribution in [3.05, 3.63) is 41.9 Å². The first-order valence-corrected chi connectivity index (χ1v) is 8.98. The van der Waals surface area contributed by atoms with E-state index in [0.29, 0.717) is 37.1 Å². The molecule has 0 radical (unpaired) electrons. The molecular weight excluding hydrogens is 332 g/mol. The van der Waals surface area contributed by atoms with Crippen LogP contribution in [0.25, 0.3) is 0 Å². The zero-order valence-corrected chi connectivity index (χ0v) is 15.6. The highest BCUT2D eigenvalue weighted by molar-refractivity contribution is 5.96. The van der Waals surface area contributed by atoms with Crippen LogP contribution in [0.4, 0.5) is 0 Å². The Morgan fingerprint density at radius 1 is 1.35 bits per heavy atom. The number of carbonyl (C=O) groups is 1. The van der Waals surface area contributed by atoms with Crippen LogP contribution in [0, 0.1) is 5.92 Å². The summed E-state index contributed by atoms with van der Waals surface area (Å²) in [5.41, 5.74) is 1.49. The molecule has 2 aromatic heterocycles. The number of fused-ring (bicyclic) bond motifs is 1. The predicted octanol–water partition coefficient (Wildman–Crippen LogP) is 2.37. The van der Waals surface area contributed by atoms with Crippen molar-refractivity contribution >= 4 is 5.91 Å². The minimum atomic E-state index is -0.0947. The molecule has 0 bridgehead atoms. The van der Waals surface area contributed by atoms with Gasteiger partial charge in [-0.1, -0.05) is 13.8 Å². The second-order valence-corrected chi connectivity index (χ2v) is 6.91. The van der Waals surface area contributed by atoms with Crippen LogP contribution in [0.1, 0.15) is 36.3 Å². The summed E-state index contributed by atoms with van der Waals surface area (Å²) in [5.74, 6) is 0.707. The number of methoxy groups -OCH3 is 1. The first-order chi connectivity index (χ1) is 12.6. The minimum Gasteiger partial charge on any atom is -0.480 e. The molecule has 3 heterocycles. The van der Waals surface area contributed by atoms with Crippen molar-refractivity contribution in [2.24, 2.45) is 5.92 Å². The lowest BCUT2D eigenvalue weighted by atomic mass is 10.1. The molecule has 140 valence electrons. The van der Waals surface area contributed by atoms with Crippen LogP contribution in [0.15, 0.2) is 30.6 Å². The maximum Gasteiger partial charge on any atom is 0.260 e. The highest BCUT2D eigenvalue weighted by atomic mass is 16.5. The first kappa shape index (κ1) is 18.4. The van der Waals surface area contributed by atoms with Crippen LogP contribution < -0.4 is 4.74 Å². The van der Waals surface area contributed by atoms with Gasteiger partial charge in [0.1, 0.15) is 5.56 Å². The fourth-order valence-corrected chi connectivity index (χ4v) is 3.15. The second-order valence-electron chi connectivity index (χ2n) is 6.91. The van der Waals surface area contributed by atoms with Crippen molar-refractivity contribution in [2.75, 3.05) is 20.3 Å². The molecule has 26 heavy (non-hydrogen) atoms. The Morgan fingerprint density at radius 3 is 2.96 bits per heavy atom. The highest BCUT2D eigenvalue weighted by Gasteiger charge is 2.30. The Balaban J connectivity index is 1.85. The van der Waals surface area contributed by atoms with Gasteiger partial charge in [-0.15, -0.1) is 0 Å². The van der Waals surface area contributed by atoms with Gasteiger partial charge in [0.05, 0.1) is 32.0 Å². The Bertz CT molecular complexity index is 744. The quantitative estimate of drug-likeness (QED) is 0.793. The zero-order chi connectivity index (χ0) is 18.5. The first-order valence-electron chi connectivity index (χ1n) is 8.98. The number of nitrogens with zero attached hydrogens (tertiary/aromatic N) is 4.